The molecule has 0 bridgehead atoms. The van der Waals surface area contributed by atoms with E-state index in [0.717, 1.165) is 0 Å². The van der Waals surface area contributed by atoms with Gasteiger partial charge in [0.1, 0.15) is 5.82 Å². The SMILES string of the molecule is O=C(O)c1c[nH]cc1-c1cccc(Cl)c1F. The van der Waals surface area contributed by atoms with E-state index in [2.05, 4.69) is 4.98 Å². The van der Waals surface area contributed by atoms with Crippen molar-refractivity contribution in [3.63, 3.8) is 0 Å². The topological polar surface area (TPSA) is 53.1 Å². The fraction of sp³-hybridized carbons (Fsp3) is 0. The summed E-state index contributed by atoms with van der Waals surface area (Å²) in [5, 5.41) is 8.87. The van der Waals surface area contributed by atoms with Crippen LogP contribution in [0.4, 0.5) is 4.39 Å². The summed E-state index contributed by atoms with van der Waals surface area (Å²) in [5.41, 5.74) is 0.472. The normalized spacial score (nSPS) is 10.4. The lowest BCUT2D eigenvalue weighted by Crippen LogP contribution is -1.97. The highest BCUT2D eigenvalue weighted by molar-refractivity contribution is 6.31. The average Bonchev–Trinajstić information content (AvgIpc) is 2.70. The van der Waals surface area contributed by atoms with E-state index in [0.29, 0.717) is 0 Å². The Morgan fingerprint density at radius 1 is 1.31 bits per heavy atom. The third-order valence-corrected chi connectivity index (χ3v) is 2.51. The number of hydrogen-bond acceptors (Lipinski definition) is 1. The molecule has 1 aromatic carbocycles. The molecule has 0 saturated heterocycles. The number of carbonyl (C=O) groups is 1. The van der Waals surface area contributed by atoms with Gasteiger partial charge in [0.05, 0.1) is 10.6 Å². The van der Waals surface area contributed by atoms with Crippen LogP contribution in [0.5, 0.6) is 0 Å². The third-order valence-electron chi connectivity index (χ3n) is 2.22. The van der Waals surface area contributed by atoms with E-state index in [-0.39, 0.29) is 21.7 Å². The average molecular weight is 240 g/mol. The molecule has 2 rings (SSSR count). The molecular formula is C11H7ClFNO2. The molecule has 0 saturated carbocycles. The van der Waals surface area contributed by atoms with Gasteiger partial charge in [-0.2, -0.15) is 0 Å². The van der Waals surface area contributed by atoms with Gasteiger partial charge in [-0.3, -0.25) is 0 Å². The lowest BCUT2D eigenvalue weighted by atomic mass is 10.0. The van der Waals surface area contributed by atoms with Crippen LogP contribution in [0.25, 0.3) is 11.1 Å². The van der Waals surface area contributed by atoms with E-state index in [1.54, 1.807) is 6.07 Å². The van der Waals surface area contributed by atoms with Crippen molar-refractivity contribution in [1.82, 2.24) is 4.98 Å². The fourth-order valence-corrected chi connectivity index (χ4v) is 1.65. The maximum atomic E-state index is 13.7. The monoisotopic (exact) mass is 239 g/mol. The van der Waals surface area contributed by atoms with Crippen molar-refractivity contribution < 1.29 is 14.3 Å². The first-order valence-corrected chi connectivity index (χ1v) is 4.83. The van der Waals surface area contributed by atoms with E-state index in [1.807, 2.05) is 0 Å². The molecule has 0 fully saturated rings. The maximum Gasteiger partial charge on any atom is 0.337 e. The van der Waals surface area contributed by atoms with Crippen LogP contribution in [0.1, 0.15) is 10.4 Å². The van der Waals surface area contributed by atoms with Crippen LogP contribution >= 0.6 is 11.6 Å². The summed E-state index contributed by atoms with van der Waals surface area (Å²) in [6, 6.07) is 4.46. The van der Waals surface area contributed by atoms with Crippen LogP contribution < -0.4 is 0 Å². The largest absolute Gasteiger partial charge is 0.478 e. The number of H-pyrrole nitrogens is 1. The summed E-state index contributed by atoms with van der Waals surface area (Å²) in [6.07, 6.45) is 2.73. The van der Waals surface area contributed by atoms with Gasteiger partial charge in [-0.15, -0.1) is 0 Å². The van der Waals surface area contributed by atoms with Crippen molar-refractivity contribution in [2.45, 2.75) is 0 Å². The minimum absolute atomic E-state index is 0.0150. The first kappa shape index (κ1) is 10.7. The van der Waals surface area contributed by atoms with Crippen molar-refractivity contribution in [3.05, 3.63) is 47.0 Å². The van der Waals surface area contributed by atoms with Crippen molar-refractivity contribution >= 4 is 17.6 Å². The summed E-state index contributed by atoms with van der Waals surface area (Å²) in [4.78, 5) is 13.5. The molecule has 0 amide bonds. The molecule has 0 unspecified atom stereocenters. The first-order valence-electron chi connectivity index (χ1n) is 4.45. The maximum absolute atomic E-state index is 13.7. The van der Waals surface area contributed by atoms with Crippen LogP contribution in [0, 0.1) is 5.82 Å². The summed E-state index contributed by atoms with van der Waals surface area (Å²) in [7, 11) is 0. The number of carboxylic acids is 1. The van der Waals surface area contributed by atoms with E-state index in [4.69, 9.17) is 16.7 Å². The molecule has 1 heterocycles. The number of aromatic nitrogens is 1. The van der Waals surface area contributed by atoms with Crippen LogP contribution in [0.15, 0.2) is 30.6 Å². The Hall–Kier alpha value is -1.81. The second kappa shape index (κ2) is 3.98. The number of aromatic amines is 1. The van der Waals surface area contributed by atoms with Gasteiger partial charge >= 0.3 is 5.97 Å². The number of halogens is 2. The highest BCUT2D eigenvalue weighted by atomic mass is 35.5. The zero-order valence-electron chi connectivity index (χ0n) is 8.00. The number of carboxylic acid groups (broad SMARTS) is 1. The van der Waals surface area contributed by atoms with Crippen molar-refractivity contribution in [3.8, 4) is 11.1 Å². The number of hydrogen-bond donors (Lipinski definition) is 2. The standard InChI is InChI=1S/C11H7ClFNO2/c12-9-3-1-2-6(10(9)13)7-4-14-5-8(7)11(15)16/h1-5,14H,(H,15,16). The third kappa shape index (κ3) is 1.67. The Labute approximate surface area is 95.5 Å². The molecule has 2 N–H and O–H groups in total. The molecule has 0 radical (unpaired) electrons. The molecule has 1 aromatic heterocycles. The highest BCUT2D eigenvalue weighted by Gasteiger charge is 2.16. The molecule has 0 aliphatic heterocycles. The van der Waals surface area contributed by atoms with Gasteiger partial charge < -0.3 is 10.1 Å². The molecule has 0 aliphatic carbocycles. The van der Waals surface area contributed by atoms with Crippen LogP contribution in [-0.4, -0.2) is 16.1 Å². The number of rotatable bonds is 2. The van der Waals surface area contributed by atoms with Crippen LogP contribution in [0.2, 0.25) is 5.02 Å². The van der Waals surface area contributed by atoms with Gasteiger partial charge in [0, 0.05) is 23.5 Å². The highest BCUT2D eigenvalue weighted by Crippen LogP contribution is 2.29. The number of benzene rings is 1. The predicted molar refractivity (Wildman–Crippen MR) is 58.2 cm³/mol. The molecule has 0 aliphatic rings. The molecule has 5 heteroatoms. The Bertz CT molecular complexity index is 551. The lowest BCUT2D eigenvalue weighted by molar-refractivity contribution is 0.0698. The van der Waals surface area contributed by atoms with E-state index in [9.17, 15) is 9.18 Å². The first-order chi connectivity index (χ1) is 7.61. The van der Waals surface area contributed by atoms with Crippen LogP contribution in [-0.2, 0) is 0 Å². The minimum atomic E-state index is -1.12. The molecule has 16 heavy (non-hydrogen) atoms. The fourth-order valence-electron chi connectivity index (χ4n) is 1.48. The number of nitrogens with one attached hydrogen (secondary N) is 1. The molecule has 0 atom stereocenters. The smallest absolute Gasteiger partial charge is 0.337 e. The van der Waals surface area contributed by atoms with E-state index in [1.165, 1.54) is 24.5 Å². The Morgan fingerprint density at radius 2 is 2.06 bits per heavy atom. The Kier molecular flexibility index (Phi) is 2.66. The molecule has 2 aromatic rings. The van der Waals surface area contributed by atoms with Gasteiger partial charge in [0.2, 0.25) is 0 Å². The Balaban J connectivity index is 2.63. The van der Waals surface area contributed by atoms with Crippen molar-refractivity contribution in [2.24, 2.45) is 0 Å². The van der Waals surface area contributed by atoms with Gasteiger partial charge in [0.15, 0.2) is 0 Å². The zero-order chi connectivity index (χ0) is 11.7. The number of aromatic carboxylic acids is 1. The van der Waals surface area contributed by atoms with Gasteiger partial charge in [-0.1, -0.05) is 23.7 Å². The van der Waals surface area contributed by atoms with Gasteiger partial charge in [-0.25, -0.2) is 9.18 Å². The second-order valence-electron chi connectivity index (χ2n) is 3.19. The van der Waals surface area contributed by atoms with E-state index >= 15 is 0 Å². The summed E-state index contributed by atoms with van der Waals surface area (Å²) >= 11 is 5.63. The van der Waals surface area contributed by atoms with Gasteiger partial charge in [-0.05, 0) is 6.07 Å². The zero-order valence-corrected chi connectivity index (χ0v) is 8.75. The minimum Gasteiger partial charge on any atom is -0.478 e. The molecule has 82 valence electrons. The summed E-state index contributed by atoms with van der Waals surface area (Å²) in [5.74, 6) is -1.73. The molecule has 0 spiro atoms. The molecule has 3 nitrogen and oxygen atoms in total. The predicted octanol–water partition coefficient (Wildman–Crippen LogP) is 3.17. The lowest BCUT2D eigenvalue weighted by Gasteiger charge is -2.03. The second-order valence-corrected chi connectivity index (χ2v) is 3.60. The van der Waals surface area contributed by atoms with Crippen LogP contribution in [0.3, 0.4) is 0 Å². The summed E-state index contributed by atoms with van der Waals surface area (Å²) in [6.45, 7) is 0. The van der Waals surface area contributed by atoms with Crippen molar-refractivity contribution in [1.29, 1.82) is 0 Å². The molecular weight excluding hydrogens is 233 g/mol. The van der Waals surface area contributed by atoms with E-state index < -0.39 is 11.8 Å². The van der Waals surface area contributed by atoms with Gasteiger partial charge in [0.25, 0.3) is 0 Å². The Morgan fingerprint density at radius 3 is 2.75 bits per heavy atom. The van der Waals surface area contributed by atoms with Crippen molar-refractivity contribution in [2.75, 3.05) is 0 Å². The quantitative estimate of drug-likeness (QED) is 0.846. The summed E-state index contributed by atoms with van der Waals surface area (Å²) < 4.78 is 13.7.